The summed E-state index contributed by atoms with van der Waals surface area (Å²) in [7, 11) is 1.75. The molecule has 1 aromatic carbocycles. The highest BCUT2D eigenvalue weighted by molar-refractivity contribution is 5.75. The molecule has 4 aromatic rings. The number of hydrogen-bond donors (Lipinski definition) is 2. The molecule has 0 fully saturated rings. The maximum Gasteiger partial charge on any atom is 0.165 e. The Balaban J connectivity index is 1.60. The number of ether oxygens (including phenoxy) is 1. The number of halogens is 1. The van der Waals surface area contributed by atoms with E-state index in [-0.39, 0.29) is 18.0 Å². The molecule has 0 aliphatic carbocycles. The lowest BCUT2D eigenvalue weighted by molar-refractivity contribution is 0.108. The van der Waals surface area contributed by atoms with Crippen LogP contribution in [0.5, 0.6) is 5.75 Å². The summed E-state index contributed by atoms with van der Waals surface area (Å²) in [6.07, 6.45) is 1.17. The Morgan fingerprint density at radius 3 is 2.71 bits per heavy atom. The van der Waals surface area contributed by atoms with E-state index >= 15 is 4.39 Å². The van der Waals surface area contributed by atoms with Crippen LogP contribution in [0, 0.1) is 33.5 Å². The van der Waals surface area contributed by atoms with Crippen LogP contribution in [0.15, 0.2) is 35.0 Å². The van der Waals surface area contributed by atoms with Gasteiger partial charge in [0.25, 0.3) is 0 Å². The van der Waals surface area contributed by atoms with Crippen molar-refractivity contribution in [1.82, 2.24) is 25.4 Å². The van der Waals surface area contributed by atoms with Gasteiger partial charge in [-0.05, 0) is 64.1 Å². The number of pyridine rings is 1. The molecule has 5 rings (SSSR count). The van der Waals surface area contributed by atoms with Gasteiger partial charge in [-0.3, -0.25) is 4.98 Å². The minimum atomic E-state index is -0.698. The Hall–Kier alpha value is -3.89. The van der Waals surface area contributed by atoms with Crippen LogP contribution < -0.4 is 15.0 Å². The highest BCUT2D eigenvalue weighted by atomic mass is 19.1. The Labute approximate surface area is 220 Å². The second-order valence-electron chi connectivity index (χ2n) is 9.68. The number of aryl methyl sites for hydroxylation is 3. The number of nitrogens with zero attached hydrogens (tertiary/aromatic N) is 5. The molecule has 2 N–H and O–H groups in total. The number of nitrogens with one attached hydrogen (secondary N) is 1. The first kappa shape index (κ1) is 25.7. The molecule has 1 aliphatic heterocycles. The quantitative estimate of drug-likeness (QED) is 0.357. The third-order valence-corrected chi connectivity index (χ3v) is 6.65. The van der Waals surface area contributed by atoms with Gasteiger partial charge in [0.1, 0.15) is 35.9 Å². The van der Waals surface area contributed by atoms with Crippen molar-refractivity contribution in [3.63, 3.8) is 0 Å². The Kier molecular flexibility index (Phi) is 7.09. The zero-order valence-electron chi connectivity index (χ0n) is 22.2. The molecule has 38 heavy (non-hydrogen) atoms. The minimum Gasteiger partial charge on any atom is -0.491 e. The fourth-order valence-corrected chi connectivity index (χ4v) is 4.78. The summed E-state index contributed by atoms with van der Waals surface area (Å²) in [4.78, 5) is 16.4. The lowest BCUT2D eigenvalue weighted by Gasteiger charge is -2.21. The highest BCUT2D eigenvalue weighted by Crippen LogP contribution is 2.37. The van der Waals surface area contributed by atoms with Crippen molar-refractivity contribution in [3.8, 4) is 28.4 Å². The number of fused-ring (bicyclic) bond motifs is 1. The second-order valence-corrected chi connectivity index (χ2v) is 9.68. The first-order valence-corrected chi connectivity index (χ1v) is 12.5. The Bertz CT molecular complexity index is 1470. The van der Waals surface area contributed by atoms with Crippen molar-refractivity contribution in [2.75, 3.05) is 25.1 Å². The van der Waals surface area contributed by atoms with Gasteiger partial charge in [0.2, 0.25) is 0 Å². The topological polar surface area (TPSA) is 109 Å². The summed E-state index contributed by atoms with van der Waals surface area (Å²) in [5, 5.41) is 17.0. The Morgan fingerprint density at radius 1 is 1.16 bits per heavy atom. The van der Waals surface area contributed by atoms with E-state index in [0.717, 1.165) is 27.9 Å². The molecule has 1 atom stereocenters. The van der Waals surface area contributed by atoms with Crippen molar-refractivity contribution in [3.05, 3.63) is 70.1 Å². The van der Waals surface area contributed by atoms with Crippen LogP contribution in [-0.4, -0.2) is 51.5 Å². The normalized spacial score (nSPS) is 13.6. The molecule has 0 saturated heterocycles. The van der Waals surface area contributed by atoms with E-state index in [1.165, 1.54) is 12.1 Å². The molecular weight excluding hydrogens is 487 g/mol. The maximum atomic E-state index is 15.2. The fraction of sp³-hybridized carbons (Fsp3) is 0.357. The largest absolute Gasteiger partial charge is 0.491 e. The number of rotatable bonds is 8. The second kappa shape index (κ2) is 10.5. The van der Waals surface area contributed by atoms with Gasteiger partial charge in [0.15, 0.2) is 5.82 Å². The van der Waals surface area contributed by atoms with Crippen LogP contribution in [0.1, 0.15) is 33.8 Å². The van der Waals surface area contributed by atoms with Crippen LogP contribution in [-0.2, 0) is 13.1 Å². The van der Waals surface area contributed by atoms with Gasteiger partial charge in [0, 0.05) is 24.8 Å². The third kappa shape index (κ3) is 4.97. The molecule has 3 aromatic heterocycles. The van der Waals surface area contributed by atoms with E-state index in [0.29, 0.717) is 48.3 Å². The smallest absolute Gasteiger partial charge is 0.165 e. The molecule has 1 aliphatic rings. The fourth-order valence-electron chi connectivity index (χ4n) is 4.78. The summed E-state index contributed by atoms with van der Waals surface area (Å²) in [6.45, 7) is 9.34. The van der Waals surface area contributed by atoms with Gasteiger partial charge in [-0.2, -0.15) is 0 Å². The zero-order valence-corrected chi connectivity index (χ0v) is 22.2. The van der Waals surface area contributed by atoms with Crippen LogP contribution >= 0.6 is 0 Å². The van der Waals surface area contributed by atoms with Crippen LogP contribution in [0.25, 0.3) is 22.6 Å². The minimum absolute atomic E-state index is 0.0642. The van der Waals surface area contributed by atoms with Gasteiger partial charge in [0.05, 0.1) is 34.8 Å². The first-order valence-electron chi connectivity index (χ1n) is 12.5. The molecule has 0 bridgehead atoms. The van der Waals surface area contributed by atoms with E-state index in [2.05, 4.69) is 26.4 Å². The lowest BCUT2D eigenvalue weighted by Crippen LogP contribution is -2.29. The predicted octanol–water partition coefficient (Wildman–Crippen LogP) is 4.05. The van der Waals surface area contributed by atoms with Crippen molar-refractivity contribution in [1.29, 1.82) is 0 Å². The van der Waals surface area contributed by atoms with Crippen LogP contribution in [0.2, 0.25) is 0 Å². The van der Waals surface area contributed by atoms with Gasteiger partial charge >= 0.3 is 0 Å². The van der Waals surface area contributed by atoms with Crippen LogP contribution in [0.4, 0.5) is 10.2 Å². The Morgan fingerprint density at radius 2 is 1.97 bits per heavy atom. The lowest BCUT2D eigenvalue weighted by atomic mass is 10.0. The summed E-state index contributed by atoms with van der Waals surface area (Å²) in [5.41, 5.74) is 6.37. The van der Waals surface area contributed by atoms with E-state index in [1.54, 1.807) is 13.1 Å². The van der Waals surface area contributed by atoms with E-state index in [9.17, 15) is 5.11 Å². The summed E-state index contributed by atoms with van der Waals surface area (Å²) in [5.74, 6) is 1.47. The molecule has 0 amide bonds. The monoisotopic (exact) mass is 518 g/mol. The van der Waals surface area contributed by atoms with Crippen molar-refractivity contribution < 1.29 is 18.8 Å². The highest BCUT2D eigenvalue weighted by Gasteiger charge is 2.28. The van der Waals surface area contributed by atoms with Crippen molar-refractivity contribution in [2.45, 2.75) is 46.9 Å². The van der Waals surface area contributed by atoms with Crippen LogP contribution in [0.3, 0.4) is 0 Å². The number of aromatic nitrogens is 4. The molecule has 0 unspecified atom stereocenters. The van der Waals surface area contributed by atoms with Gasteiger partial charge < -0.3 is 24.6 Å². The maximum absolute atomic E-state index is 15.2. The molecule has 0 spiro atoms. The average molecular weight is 519 g/mol. The summed E-state index contributed by atoms with van der Waals surface area (Å²) in [6, 6.07) is 6.56. The number of aliphatic hydroxyl groups is 1. The number of hydrogen-bond acceptors (Lipinski definition) is 9. The van der Waals surface area contributed by atoms with Gasteiger partial charge in [-0.15, -0.1) is 0 Å². The number of benzene rings is 1. The standard InChI is InChI=1S/C28H31FN6O3/c1-15-8-19-12-35(13-24(19)31-10-15)28-16(2)26(25-17(3)34-38-18(25)4)32-27(33-28)22-9-21(6-7-23(22)29)37-14-20(36)11-30-5/h6-10,20,30,36H,11-14H2,1-5H3/t20-/m1/s1. The van der Waals surface area contributed by atoms with E-state index in [4.69, 9.17) is 19.2 Å². The molecule has 10 heteroatoms. The molecule has 4 heterocycles. The van der Waals surface area contributed by atoms with Crippen molar-refractivity contribution >= 4 is 5.82 Å². The summed E-state index contributed by atoms with van der Waals surface area (Å²) >= 11 is 0. The molecule has 9 nitrogen and oxygen atoms in total. The average Bonchev–Trinajstić information content (AvgIpc) is 3.46. The summed E-state index contributed by atoms with van der Waals surface area (Å²) < 4.78 is 26.4. The third-order valence-electron chi connectivity index (χ3n) is 6.65. The first-order chi connectivity index (χ1) is 18.2. The molecule has 198 valence electrons. The number of likely N-dealkylation sites (N-methyl/N-ethyl adjacent to an activating group) is 1. The SMILES string of the molecule is CNC[C@@H](O)COc1ccc(F)c(-c2nc(-c3c(C)noc3C)c(C)c(N3Cc4cc(C)cnc4C3)n2)c1. The van der Waals surface area contributed by atoms with E-state index in [1.807, 2.05) is 33.9 Å². The molecule has 0 saturated carbocycles. The van der Waals surface area contributed by atoms with Crippen molar-refractivity contribution in [2.24, 2.45) is 0 Å². The van der Waals surface area contributed by atoms with Gasteiger partial charge in [-0.25, -0.2) is 14.4 Å². The number of anilines is 1. The van der Waals surface area contributed by atoms with Gasteiger partial charge in [-0.1, -0.05) is 11.2 Å². The molecular formula is C28H31FN6O3. The molecule has 0 radical (unpaired) electrons. The predicted molar refractivity (Wildman–Crippen MR) is 141 cm³/mol. The zero-order chi connectivity index (χ0) is 27.0. The number of aliphatic hydroxyl groups excluding tert-OH is 1. The van der Waals surface area contributed by atoms with E-state index < -0.39 is 11.9 Å².